The van der Waals surface area contributed by atoms with Crippen LogP contribution in [-0.4, -0.2) is 35.1 Å². The molecule has 0 aliphatic carbocycles. The molecule has 1 rings (SSSR count). The van der Waals surface area contributed by atoms with Gasteiger partial charge in [-0.1, -0.05) is 40.8 Å². The first-order valence-electron chi connectivity index (χ1n) is 6.03. The lowest BCUT2D eigenvalue weighted by atomic mass is 10.1. The van der Waals surface area contributed by atoms with Crippen LogP contribution < -0.4 is 4.74 Å². The molecule has 1 aromatic rings. The zero-order valence-corrected chi connectivity index (χ0v) is 13.5. The van der Waals surface area contributed by atoms with Crippen LogP contribution in [0.2, 0.25) is 0 Å². The molecule has 0 radical (unpaired) electrons. The van der Waals surface area contributed by atoms with Gasteiger partial charge in [-0.05, 0) is 17.7 Å². The molecule has 0 aliphatic heterocycles. The lowest BCUT2D eigenvalue weighted by Gasteiger charge is -2.30. The summed E-state index contributed by atoms with van der Waals surface area (Å²) in [7, 11) is 1.47. The summed E-state index contributed by atoms with van der Waals surface area (Å²) in [6.45, 7) is 3.24. The van der Waals surface area contributed by atoms with Gasteiger partial charge in [-0.25, -0.2) is 0 Å². The van der Waals surface area contributed by atoms with Gasteiger partial charge in [-0.2, -0.15) is 13.2 Å². The Labute approximate surface area is 134 Å². The summed E-state index contributed by atoms with van der Waals surface area (Å²) in [5.41, 5.74) is 0.586. The molecular formula is C14H15F3INO2. The van der Waals surface area contributed by atoms with Gasteiger partial charge in [-0.15, -0.1) is 6.58 Å². The first-order chi connectivity index (χ1) is 9.85. The molecule has 0 aromatic heterocycles. The van der Waals surface area contributed by atoms with E-state index in [9.17, 15) is 18.0 Å². The van der Waals surface area contributed by atoms with Gasteiger partial charge in [0.05, 0.1) is 13.2 Å². The van der Waals surface area contributed by atoms with Crippen LogP contribution in [0.3, 0.4) is 0 Å². The van der Waals surface area contributed by atoms with Crippen molar-refractivity contribution < 1.29 is 22.7 Å². The van der Waals surface area contributed by atoms with Crippen LogP contribution in [0, 0.1) is 0 Å². The first-order valence-corrected chi connectivity index (χ1v) is 7.56. The fourth-order valence-electron chi connectivity index (χ4n) is 1.85. The van der Waals surface area contributed by atoms with Crippen molar-refractivity contribution in [1.29, 1.82) is 0 Å². The van der Waals surface area contributed by atoms with Crippen molar-refractivity contribution in [2.45, 2.75) is 12.2 Å². The Bertz CT molecular complexity index is 505. The SMILES string of the molecule is C=CCN(C(=O)C(F)(F)F)C(CI)c1cccc(OC)c1. The van der Waals surface area contributed by atoms with E-state index in [-0.39, 0.29) is 6.54 Å². The van der Waals surface area contributed by atoms with Crippen LogP contribution in [0.5, 0.6) is 5.75 Å². The Morgan fingerprint density at radius 2 is 2.19 bits per heavy atom. The van der Waals surface area contributed by atoms with E-state index >= 15 is 0 Å². The predicted molar refractivity (Wildman–Crippen MR) is 82.6 cm³/mol. The van der Waals surface area contributed by atoms with E-state index in [0.29, 0.717) is 15.7 Å². The minimum Gasteiger partial charge on any atom is -0.497 e. The van der Waals surface area contributed by atoms with Crippen molar-refractivity contribution in [1.82, 2.24) is 4.90 Å². The third kappa shape index (κ3) is 4.62. The maximum absolute atomic E-state index is 12.7. The zero-order valence-electron chi connectivity index (χ0n) is 11.4. The van der Waals surface area contributed by atoms with Crippen LogP contribution in [0.15, 0.2) is 36.9 Å². The molecule has 1 aromatic carbocycles. The Hall–Kier alpha value is -1.25. The van der Waals surface area contributed by atoms with Gasteiger partial charge >= 0.3 is 12.1 Å². The number of nitrogens with zero attached hydrogens (tertiary/aromatic N) is 1. The second kappa shape index (κ2) is 7.67. The zero-order chi connectivity index (χ0) is 16.0. The molecule has 3 nitrogen and oxygen atoms in total. The molecule has 21 heavy (non-hydrogen) atoms. The summed E-state index contributed by atoms with van der Waals surface area (Å²) in [6.07, 6.45) is -3.63. The van der Waals surface area contributed by atoms with E-state index in [1.807, 2.05) is 22.6 Å². The second-order valence-corrected chi connectivity index (χ2v) is 5.07. The third-order valence-electron chi connectivity index (χ3n) is 2.83. The molecule has 0 saturated carbocycles. The highest BCUT2D eigenvalue weighted by molar-refractivity contribution is 14.1. The minimum absolute atomic E-state index is 0.177. The largest absolute Gasteiger partial charge is 0.497 e. The number of hydrogen-bond donors (Lipinski definition) is 0. The standard InChI is InChI=1S/C14H15F3INO2/c1-3-7-19(13(20)14(15,16)17)12(9-18)10-5-4-6-11(8-10)21-2/h3-6,8,12H,1,7,9H2,2H3. The predicted octanol–water partition coefficient (Wildman–Crippen LogP) is 3.75. The number of hydrogen-bond acceptors (Lipinski definition) is 2. The van der Waals surface area contributed by atoms with E-state index in [4.69, 9.17) is 4.74 Å². The fourth-order valence-corrected chi connectivity index (χ4v) is 2.84. The maximum Gasteiger partial charge on any atom is 0.471 e. The third-order valence-corrected chi connectivity index (χ3v) is 3.66. The Kier molecular flexibility index (Phi) is 6.50. The Morgan fingerprint density at radius 1 is 1.52 bits per heavy atom. The summed E-state index contributed by atoms with van der Waals surface area (Å²) in [4.78, 5) is 12.4. The molecule has 116 valence electrons. The van der Waals surface area contributed by atoms with E-state index < -0.39 is 18.1 Å². The van der Waals surface area contributed by atoms with Crippen molar-refractivity contribution in [3.63, 3.8) is 0 Å². The molecular weight excluding hydrogens is 398 g/mol. The maximum atomic E-state index is 12.7. The molecule has 0 saturated heterocycles. The highest BCUT2D eigenvalue weighted by Gasteiger charge is 2.44. The van der Waals surface area contributed by atoms with Gasteiger partial charge in [-0.3, -0.25) is 4.79 Å². The van der Waals surface area contributed by atoms with E-state index in [1.54, 1.807) is 24.3 Å². The van der Waals surface area contributed by atoms with Crippen molar-refractivity contribution in [2.24, 2.45) is 0 Å². The Morgan fingerprint density at radius 3 is 2.67 bits per heavy atom. The molecule has 0 heterocycles. The molecule has 1 atom stereocenters. The van der Waals surface area contributed by atoms with Gasteiger partial charge in [0.25, 0.3) is 0 Å². The van der Waals surface area contributed by atoms with Crippen molar-refractivity contribution in [2.75, 3.05) is 18.1 Å². The normalized spacial score (nSPS) is 12.6. The first kappa shape index (κ1) is 17.8. The van der Waals surface area contributed by atoms with E-state index in [0.717, 1.165) is 4.90 Å². The average molecular weight is 413 g/mol. The van der Waals surface area contributed by atoms with Gasteiger partial charge in [0, 0.05) is 11.0 Å². The van der Waals surface area contributed by atoms with Gasteiger partial charge < -0.3 is 9.64 Å². The molecule has 0 fully saturated rings. The number of ether oxygens (including phenoxy) is 1. The van der Waals surface area contributed by atoms with Crippen molar-refractivity contribution >= 4 is 28.5 Å². The summed E-state index contributed by atoms with van der Waals surface area (Å²) < 4.78 is 43.6. The van der Waals surface area contributed by atoms with Crippen LogP contribution in [0.4, 0.5) is 13.2 Å². The van der Waals surface area contributed by atoms with Crippen LogP contribution in [0.1, 0.15) is 11.6 Å². The number of halogens is 4. The van der Waals surface area contributed by atoms with Crippen molar-refractivity contribution in [3.8, 4) is 5.75 Å². The fraction of sp³-hybridized carbons (Fsp3) is 0.357. The number of carbonyl (C=O) groups is 1. The monoisotopic (exact) mass is 413 g/mol. The molecule has 0 spiro atoms. The van der Waals surface area contributed by atoms with Gasteiger partial charge in [0.1, 0.15) is 5.75 Å². The topological polar surface area (TPSA) is 29.5 Å². The summed E-state index contributed by atoms with van der Waals surface area (Å²) in [5, 5.41) is 0. The van der Waals surface area contributed by atoms with Crippen LogP contribution >= 0.6 is 22.6 Å². The number of methoxy groups -OCH3 is 1. The Balaban J connectivity index is 3.18. The highest BCUT2D eigenvalue weighted by atomic mass is 127. The minimum atomic E-state index is -4.91. The number of alkyl halides is 4. The summed E-state index contributed by atoms with van der Waals surface area (Å²) in [5.74, 6) is -1.34. The van der Waals surface area contributed by atoms with E-state index in [1.165, 1.54) is 13.2 Å². The molecule has 0 N–H and O–H groups in total. The number of benzene rings is 1. The smallest absolute Gasteiger partial charge is 0.471 e. The molecule has 0 bridgehead atoms. The molecule has 1 unspecified atom stereocenters. The summed E-state index contributed by atoms with van der Waals surface area (Å²) in [6, 6.07) is 5.97. The lowest BCUT2D eigenvalue weighted by Crippen LogP contribution is -2.44. The molecule has 7 heteroatoms. The van der Waals surface area contributed by atoms with Crippen LogP contribution in [0.25, 0.3) is 0 Å². The summed E-state index contributed by atoms with van der Waals surface area (Å²) >= 11 is 1.96. The average Bonchev–Trinajstić information content (AvgIpc) is 2.45. The number of carbonyl (C=O) groups excluding carboxylic acids is 1. The highest BCUT2D eigenvalue weighted by Crippen LogP contribution is 2.30. The number of amides is 1. The molecule has 1 amide bonds. The lowest BCUT2D eigenvalue weighted by molar-refractivity contribution is -0.187. The van der Waals surface area contributed by atoms with E-state index in [2.05, 4.69) is 6.58 Å². The second-order valence-electron chi connectivity index (χ2n) is 4.19. The quantitative estimate of drug-likeness (QED) is 0.404. The van der Waals surface area contributed by atoms with Gasteiger partial charge in [0.15, 0.2) is 0 Å². The van der Waals surface area contributed by atoms with Crippen LogP contribution in [-0.2, 0) is 4.79 Å². The molecule has 0 aliphatic rings. The number of rotatable bonds is 6. The van der Waals surface area contributed by atoms with Gasteiger partial charge in [0.2, 0.25) is 0 Å². The van der Waals surface area contributed by atoms with Crippen molar-refractivity contribution in [3.05, 3.63) is 42.5 Å².